The van der Waals surface area contributed by atoms with Gasteiger partial charge in [-0.15, -0.1) is 0 Å². The molecule has 4 rings (SSSR count). The number of hydrogen-bond donors (Lipinski definition) is 1. The lowest BCUT2D eigenvalue weighted by atomic mass is 10.0. The number of fused-ring (bicyclic) bond motifs is 3. The zero-order chi connectivity index (χ0) is 20.8. The number of nitrogens with one attached hydrogen (secondary N) is 1. The zero-order valence-electron chi connectivity index (χ0n) is 15.5. The molecule has 0 spiro atoms. The van der Waals surface area contributed by atoms with E-state index in [4.69, 9.17) is 20.8 Å². The number of anilines is 1. The Balaban J connectivity index is 1.95. The normalized spacial score (nSPS) is 11.7. The third-order valence-electron chi connectivity index (χ3n) is 4.63. The fraction of sp³-hybridized carbons (Fsp3) is 0.0952. The molecule has 0 saturated heterocycles. The van der Waals surface area contributed by atoms with E-state index in [9.17, 15) is 13.2 Å². The van der Waals surface area contributed by atoms with Crippen LogP contribution in [0.3, 0.4) is 0 Å². The van der Waals surface area contributed by atoms with Gasteiger partial charge in [0.2, 0.25) is 0 Å². The van der Waals surface area contributed by atoms with Crippen LogP contribution in [0.5, 0.6) is 0 Å². The summed E-state index contributed by atoms with van der Waals surface area (Å²) in [4.78, 5) is 12.3. The summed E-state index contributed by atoms with van der Waals surface area (Å²) < 4.78 is 39.1. The van der Waals surface area contributed by atoms with Crippen molar-refractivity contribution in [2.75, 3.05) is 11.8 Å². The second-order valence-electron chi connectivity index (χ2n) is 6.43. The van der Waals surface area contributed by atoms with E-state index in [1.165, 1.54) is 31.4 Å². The Labute approximate surface area is 172 Å². The molecule has 0 radical (unpaired) electrons. The van der Waals surface area contributed by atoms with Gasteiger partial charge in [0.05, 0.1) is 17.7 Å². The second-order valence-corrected chi connectivity index (χ2v) is 8.55. The van der Waals surface area contributed by atoms with Crippen LogP contribution in [0.1, 0.15) is 16.1 Å². The predicted octanol–water partition coefficient (Wildman–Crippen LogP) is 5.14. The Hall–Kier alpha value is -3.03. The van der Waals surface area contributed by atoms with Gasteiger partial charge in [-0.05, 0) is 37.3 Å². The zero-order valence-corrected chi connectivity index (χ0v) is 17.1. The standard InChI is InChI=1S/C21H16ClNO5S/c1-12-19(21(24)27-2)17-11-18(15-5-3-4-6-16(15)20(17)28-12)23-29(25,26)14-9-7-13(22)8-10-14/h3-11,23H,1-2H3. The molecule has 0 atom stereocenters. The van der Waals surface area contributed by atoms with Crippen LogP contribution in [-0.4, -0.2) is 21.5 Å². The van der Waals surface area contributed by atoms with E-state index < -0.39 is 16.0 Å². The van der Waals surface area contributed by atoms with Crippen LogP contribution in [-0.2, 0) is 14.8 Å². The Morgan fingerprint density at radius 1 is 1.03 bits per heavy atom. The minimum absolute atomic E-state index is 0.0719. The lowest BCUT2D eigenvalue weighted by Crippen LogP contribution is -2.13. The Morgan fingerprint density at radius 3 is 2.34 bits per heavy atom. The molecule has 4 aromatic rings. The molecule has 0 unspecified atom stereocenters. The predicted molar refractivity (Wildman–Crippen MR) is 112 cm³/mol. The smallest absolute Gasteiger partial charge is 0.342 e. The highest BCUT2D eigenvalue weighted by Gasteiger charge is 2.23. The Morgan fingerprint density at radius 2 is 1.69 bits per heavy atom. The molecule has 6 nitrogen and oxygen atoms in total. The van der Waals surface area contributed by atoms with Gasteiger partial charge in [-0.25, -0.2) is 13.2 Å². The molecule has 1 heterocycles. The van der Waals surface area contributed by atoms with Crippen molar-refractivity contribution in [3.05, 3.63) is 70.9 Å². The third-order valence-corrected chi connectivity index (χ3v) is 6.26. The first kappa shape index (κ1) is 19.3. The molecular weight excluding hydrogens is 414 g/mol. The number of halogens is 1. The maximum atomic E-state index is 12.9. The summed E-state index contributed by atoms with van der Waals surface area (Å²) in [7, 11) is -2.59. The molecule has 0 aliphatic rings. The number of furan rings is 1. The van der Waals surface area contributed by atoms with Gasteiger partial charge in [0.15, 0.2) is 0 Å². The number of benzene rings is 3. The lowest BCUT2D eigenvalue weighted by molar-refractivity contribution is 0.0600. The number of aryl methyl sites for hydroxylation is 1. The van der Waals surface area contributed by atoms with Crippen LogP contribution in [0.25, 0.3) is 21.7 Å². The van der Waals surface area contributed by atoms with E-state index in [2.05, 4.69) is 4.72 Å². The first-order chi connectivity index (χ1) is 13.8. The average molecular weight is 430 g/mol. The molecule has 148 valence electrons. The van der Waals surface area contributed by atoms with Gasteiger partial charge < -0.3 is 9.15 Å². The summed E-state index contributed by atoms with van der Waals surface area (Å²) in [5.41, 5.74) is 1.09. The molecule has 8 heteroatoms. The summed E-state index contributed by atoms with van der Waals surface area (Å²) in [5.74, 6) is -0.155. The van der Waals surface area contributed by atoms with Crippen molar-refractivity contribution in [2.24, 2.45) is 0 Å². The largest absolute Gasteiger partial charge is 0.465 e. The van der Waals surface area contributed by atoms with Crippen LogP contribution in [0, 0.1) is 6.92 Å². The van der Waals surface area contributed by atoms with Crippen molar-refractivity contribution >= 4 is 55.0 Å². The van der Waals surface area contributed by atoms with E-state index >= 15 is 0 Å². The van der Waals surface area contributed by atoms with Gasteiger partial charge in [0.25, 0.3) is 10.0 Å². The Kier molecular flexibility index (Phi) is 4.72. The minimum Gasteiger partial charge on any atom is -0.465 e. The van der Waals surface area contributed by atoms with E-state index in [1.807, 2.05) is 12.1 Å². The number of esters is 1. The summed E-state index contributed by atoms with van der Waals surface area (Å²) in [6.45, 7) is 1.67. The highest BCUT2D eigenvalue weighted by molar-refractivity contribution is 7.92. The summed E-state index contributed by atoms with van der Waals surface area (Å²) >= 11 is 5.86. The number of ether oxygens (including phenoxy) is 1. The molecule has 0 aliphatic carbocycles. The first-order valence-electron chi connectivity index (χ1n) is 8.63. The molecule has 0 fully saturated rings. The maximum Gasteiger partial charge on any atom is 0.342 e. The molecular formula is C21H16ClNO5S. The van der Waals surface area contributed by atoms with Crippen LogP contribution in [0.2, 0.25) is 5.02 Å². The fourth-order valence-electron chi connectivity index (χ4n) is 3.30. The average Bonchev–Trinajstić information content (AvgIpc) is 3.03. The SMILES string of the molecule is COC(=O)c1c(C)oc2c1cc(NS(=O)(=O)c1ccc(Cl)cc1)c1ccccc12. The number of rotatable bonds is 4. The summed E-state index contributed by atoms with van der Waals surface area (Å²) in [5, 5.41) is 2.23. The lowest BCUT2D eigenvalue weighted by Gasteiger charge is -2.12. The maximum absolute atomic E-state index is 12.9. The number of carbonyl (C=O) groups is 1. The van der Waals surface area contributed by atoms with Crippen molar-refractivity contribution in [3.8, 4) is 0 Å². The van der Waals surface area contributed by atoms with Crippen LogP contribution in [0.4, 0.5) is 5.69 Å². The second kappa shape index (κ2) is 7.09. The molecule has 0 saturated carbocycles. The van der Waals surface area contributed by atoms with E-state index in [1.54, 1.807) is 25.1 Å². The van der Waals surface area contributed by atoms with Gasteiger partial charge in [-0.3, -0.25) is 4.72 Å². The van der Waals surface area contributed by atoms with Gasteiger partial charge in [0.1, 0.15) is 16.9 Å². The monoisotopic (exact) mass is 429 g/mol. The number of carbonyl (C=O) groups excluding carboxylic acids is 1. The molecule has 3 aromatic carbocycles. The highest BCUT2D eigenvalue weighted by Crippen LogP contribution is 2.37. The van der Waals surface area contributed by atoms with E-state index in [0.717, 1.165) is 0 Å². The molecule has 29 heavy (non-hydrogen) atoms. The van der Waals surface area contributed by atoms with Crippen molar-refractivity contribution in [3.63, 3.8) is 0 Å². The van der Waals surface area contributed by atoms with Crippen LogP contribution < -0.4 is 4.72 Å². The summed E-state index contributed by atoms with van der Waals surface area (Å²) in [6, 6.07) is 14.7. The van der Waals surface area contributed by atoms with Crippen molar-refractivity contribution in [1.29, 1.82) is 0 Å². The number of methoxy groups -OCH3 is 1. The minimum atomic E-state index is -3.88. The van der Waals surface area contributed by atoms with Gasteiger partial charge in [0, 0.05) is 21.2 Å². The number of hydrogen-bond acceptors (Lipinski definition) is 5. The quantitative estimate of drug-likeness (QED) is 0.454. The summed E-state index contributed by atoms with van der Waals surface area (Å²) in [6.07, 6.45) is 0. The van der Waals surface area contributed by atoms with Crippen LogP contribution in [0.15, 0.2) is 63.9 Å². The van der Waals surface area contributed by atoms with Gasteiger partial charge >= 0.3 is 5.97 Å². The molecule has 0 aliphatic heterocycles. The van der Waals surface area contributed by atoms with E-state index in [-0.39, 0.29) is 10.5 Å². The first-order valence-corrected chi connectivity index (χ1v) is 10.5. The van der Waals surface area contributed by atoms with Gasteiger partial charge in [-0.2, -0.15) is 0 Å². The number of sulfonamides is 1. The van der Waals surface area contributed by atoms with E-state index in [0.29, 0.717) is 38.2 Å². The van der Waals surface area contributed by atoms with Crippen LogP contribution >= 0.6 is 11.6 Å². The molecule has 0 bridgehead atoms. The molecule has 1 aromatic heterocycles. The van der Waals surface area contributed by atoms with Crippen molar-refractivity contribution < 1.29 is 22.4 Å². The van der Waals surface area contributed by atoms with Crippen molar-refractivity contribution in [1.82, 2.24) is 0 Å². The van der Waals surface area contributed by atoms with Crippen molar-refractivity contribution in [2.45, 2.75) is 11.8 Å². The third kappa shape index (κ3) is 3.32. The van der Waals surface area contributed by atoms with Gasteiger partial charge in [-0.1, -0.05) is 35.9 Å². The Bertz CT molecular complexity index is 1360. The molecule has 0 amide bonds. The highest BCUT2D eigenvalue weighted by atomic mass is 35.5. The fourth-order valence-corrected chi connectivity index (χ4v) is 4.49. The topological polar surface area (TPSA) is 85.6 Å². The molecule has 1 N–H and O–H groups in total.